The first kappa shape index (κ1) is 14.6. The predicted molar refractivity (Wildman–Crippen MR) is 80.7 cm³/mol. The van der Waals surface area contributed by atoms with Crippen molar-refractivity contribution in [2.24, 2.45) is 0 Å². The first-order valence-electron chi connectivity index (χ1n) is 6.48. The fourth-order valence-electron chi connectivity index (χ4n) is 1.83. The molecule has 20 heavy (non-hydrogen) atoms. The Morgan fingerprint density at radius 3 is 2.75 bits per heavy atom. The van der Waals surface area contributed by atoms with E-state index in [9.17, 15) is 4.79 Å². The lowest BCUT2D eigenvalue weighted by molar-refractivity contribution is -0.120. The van der Waals surface area contributed by atoms with E-state index < -0.39 is 0 Å². The molecule has 0 radical (unpaired) electrons. The third-order valence-corrected chi connectivity index (χ3v) is 4.00. The summed E-state index contributed by atoms with van der Waals surface area (Å²) >= 11 is 1.56. The molecule has 0 saturated carbocycles. The summed E-state index contributed by atoms with van der Waals surface area (Å²) in [4.78, 5) is 21.4. The molecule has 0 fully saturated rings. The average molecular weight is 290 g/mol. The Morgan fingerprint density at radius 1 is 1.30 bits per heavy atom. The van der Waals surface area contributed by atoms with Crippen LogP contribution in [0.4, 0.5) is 0 Å². The molecule has 0 bridgehead atoms. The quantitative estimate of drug-likeness (QED) is 0.789. The molecule has 5 nitrogen and oxygen atoms in total. The minimum Gasteiger partial charge on any atom is -0.354 e. The molecule has 0 atom stereocenters. The third-order valence-electron chi connectivity index (χ3n) is 2.79. The molecule has 0 saturated heterocycles. The third kappa shape index (κ3) is 3.85. The van der Waals surface area contributed by atoms with Gasteiger partial charge in [0.1, 0.15) is 5.01 Å². The van der Waals surface area contributed by atoms with Crippen molar-refractivity contribution in [2.75, 3.05) is 20.1 Å². The Balaban J connectivity index is 2.03. The summed E-state index contributed by atoms with van der Waals surface area (Å²) < 4.78 is 0. The molecule has 6 heteroatoms. The van der Waals surface area contributed by atoms with Crippen molar-refractivity contribution >= 4 is 17.2 Å². The van der Waals surface area contributed by atoms with Crippen molar-refractivity contribution < 1.29 is 4.79 Å². The second-order valence-corrected chi connectivity index (χ2v) is 5.47. The zero-order valence-corrected chi connectivity index (χ0v) is 12.5. The molecule has 0 spiro atoms. The van der Waals surface area contributed by atoms with Crippen LogP contribution in [0.25, 0.3) is 10.4 Å². The highest BCUT2D eigenvalue weighted by atomic mass is 32.1. The lowest BCUT2D eigenvalue weighted by Gasteiger charge is -2.02. The Kier molecular flexibility index (Phi) is 5.20. The minimum absolute atomic E-state index is 0.00952. The SMILES string of the molecule is CNCCNC(=O)Cc1nc(C)c(-c2ccncc2)s1. The molecule has 2 heterocycles. The number of thiazole rings is 1. The van der Waals surface area contributed by atoms with E-state index in [-0.39, 0.29) is 5.91 Å². The van der Waals surface area contributed by atoms with Crippen LogP contribution in [0.3, 0.4) is 0 Å². The van der Waals surface area contributed by atoms with Crippen molar-refractivity contribution in [1.82, 2.24) is 20.6 Å². The fourth-order valence-corrected chi connectivity index (χ4v) is 2.89. The van der Waals surface area contributed by atoms with Gasteiger partial charge < -0.3 is 10.6 Å². The van der Waals surface area contributed by atoms with Gasteiger partial charge in [-0.3, -0.25) is 9.78 Å². The van der Waals surface area contributed by atoms with Gasteiger partial charge in [-0.05, 0) is 31.7 Å². The number of rotatable bonds is 6. The van der Waals surface area contributed by atoms with Gasteiger partial charge in [-0.2, -0.15) is 0 Å². The molecule has 2 aromatic rings. The number of nitrogens with one attached hydrogen (secondary N) is 2. The molecule has 2 rings (SSSR count). The van der Waals surface area contributed by atoms with Gasteiger partial charge in [0.05, 0.1) is 17.0 Å². The maximum absolute atomic E-state index is 11.8. The topological polar surface area (TPSA) is 66.9 Å². The Labute approximate surface area is 122 Å². The van der Waals surface area contributed by atoms with E-state index in [2.05, 4.69) is 20.6 Å². The average Bonchev–Trinajstić information content (AvgIpc) is 2.81. The van der Waals surface area contributed by atoms with E-state index in [0.29, 0.717) is 13.0 Å². The smallest absolute Gasteiger partial charge is 0.226 e. The Bertz CT molecular complexity index is 568. The van der Waals surface area contributed by atoms with Crippen LogP contribution in [0, 0.1) is 6.92 Å². The summed E-state index contributed by atoms with van der Waals surface area (Å²) in [6.45, 7) is 3.37. The van der Waals surface area contributed by atoms with Crippen LogP contribution >= 0.6 is 11.3 Å². The molecular formula is C14H18N4OS. The number of hydrogen-bond acceptors (Lipinski definition) is 5. The largest absolute Gasteiger partial charge is 0.354 e. The maximum atomic E-state index is 11.8. The molecule has 0 aromatic carbocycles. The molecule has 0 aliphatic carbocycles. The second kappa shape index (κ2) is 7.12. The normalized spacial score (nSPS) is 10.5. The number of hydrogen-bond donors (Lipinski definition) is 2. The first-order chi connectivity index (χ1) is 9.70. The lowest BCUT2D eigenvalue weighted by atomic mass is 10.2. The molecule has 1 amide bonds. The zero-order chi connectivity index (χ0) is 14.4. The van der Waals surface area contributed by atoms with Gasteiger partial charge in [0.25, 0.3) is 0 Å². The number of aromatic nitrogens is 2. The molecule has 0 aliphatic heterocycles. The highest BCUT2D eigenvalue weighted by Gasteiger charge is 2.12. The van der Waals surface area contributed by atoms with Crippen LogP contribution < -0.4 is 10.6 Å². The number of likely N-dealkylation sites (N-methyl/N-ethyl adjacent to an activating group) is 1. The van der Waals surface area contributed by atoms with E-state index in [1.807, 2.05) is 26.1 Å². The zero-order valence-electron chi connectivity index (χ0n) is 11.6. The summed E-state index contributed by atoms with van der Waals surface area (Å²) in [7, 11) is 1.86. The standard InChI is InChI=1S/C14H18N4OS/c1-10-14(11-3-5-16-6-4-11)20-13(18-10)9-12(19)17-8-7-15-2/h3-6,15H,7-9H2,1-2H3,(H,17,19). The summed E-state index contributed by atoms with van der Waals surface area (Å²) in [5, 5.41) is 6.69. The molecule has 2 N–H and O–H groups in total. The van der Waals surface area contributed by atoms with E-state index in [1.165, 1.54) is 0 Å². The molecule has 0 unspecified atom stereocenters. The van der Waals surface area contributed by atoms with Gasteiger partial charge in [-0.25, -0.2) is 4.98 Å². The number of amides is 1. The monoisotopic (exact) mass is 290 g/mol. The van der Waals surface area contributed by atoms with Crippen molar-refractivity contribution in [1.29, 1.82) is 0 Å². The van der Waals surface area contributed by atoms with Crippen LogP contribution in [0.2, 0.25) is 0 Å². The summed E-state index contributed by atoms with van der Waals surface area (Å²) in [6.07, 6.45) is 3.86. The number of carbonyl (C=O) groups excluding carboxylic acids is 1. The highest BCUT2D eigenvalue weighted by Crippen LogP contribution is 2.29. The van der Waals surface area contributed by atoms with Gasteiger partial charge in [-0.15, -0.1) is 11.3 Å². The molecule has 106 valence electrons. The van der Waals surface area contributed by atoms with Gasteiger partial charge in [0.2, 0.25) is 5.91 Å². The van der Waals surface area contributed by atoms with E-state index in [0.717, 1.165) is 27.7 Å². The predicted octanol–water partition coefficient (Wildman–Crippen LogP) is 1.39. The van der Waals surface area contributed by atoms with Gasteiger partial charge in [0, 0.05) is 25.5 Å². The number of carbonyl (C=O) groups is 1. The first-order valence-corrected chi connectivity index (χ1v) is 7.30. The van der Waals surface area contributed by atoms with Crippen molar-refractivity contribution in [3.05, 3.63) is 35.2 Å². The van der Waals surface area contributed by atoms with Crippen LogP contribution in [0.1, 0.15) is 10.7 Å². The van der Waals surface area contributed by atoms with E-state index >= 15 is 0 Å². The Hall–Kier alpha value is -1.79. The van der Waals surface area contributed by atoms with Crippen molar-refractivity contribution in [2.45, 2.75) is 13.3 Å². The van der Waals surface area contributed by atoms with Crippen molar-refractivity contribution in [3.8, 4) is 10.4 Å². The molecular weight excluding hydrogens is 272 g/mol. The maximum Gasteiger partial charge on any atom is 0.226 e. The number of aryl methyl sites for hydroxylation is 1. The second-order valence-electron chi connectivity index (χ2n) is 4.39. The van der Waals surface area contributed by atoms with Gasteiger partial charge in [0.15, 0.2) is 0 Å². The molecule has 0 aliphatic rings. The number of nitrogens with zero attached hydrogens (tertiary/aromatic N) is 2. The lowest BCUT2D eigenvalue weighted by Crippen LogP contribution is -2.31. The highest BCUT2D eigenvalue weighted by molar-refractivity contribution is 7.15. The van der Waals surface area contributed by atoms with Crippen LogP contribution in [0.5, 0.6) is 0 Å². The van der Waals surface area contributed by atoms with E-state index in [4.69, 9.17) is 0 Å². The minimum atomic E-state index is 0.00952. The fraction of sp³-hybridized carbons (Fsp3) is 0.357. The number of pyridine rings is 1. The van der Waals surface area contributed by atoms with Gasteiger partial charge in [-0.1, -0.05) is 0 Å². The molecule has 2 aromatic heterocycles. The van der Waals surface area contributed by atoms with Gasteiger partial charge >= 0.3 is 0 Å². The Morgan fingerprint density at radius 2 is 2.05 bits per heavy atom. The van der Waals surface area contributed by atoms with Crippen LogP contribution in [0.15, 0.2) is 24.5 Å². The summed E-state index contributed by atoms with van der Waals surface area (Å²) in [5.41, 5.74) is 2.05. The summed E-state index contributed by atoms with van der Waals surface area (Å²) in [6, 6.07) is 3.91. The summed E-state index contributed by atoms with van der Waals surface area (Å²) in [5.74, 6) is 0.00952. The van der Waals surface area contributed by atoms with Crippen LogP contribution in [-0.4, -0.2) is 36.0 Å². The van der Waals surface area contributed by atoms with Crippen LogP contribution in [-0.2, 0) is 11.2 Å². The van der Waals surface area contributed by atoms with Crippen molar-refractivity contribution in [3.63, 3.8) is 0 Å². The van der Waals surface area contributed by atoms with E-state index in [1.54, 1.807) is 23.7 Å².